The number of aromatic nitrogens is 1. The van der Waals surface area contributed by atoms with Crippen LogP contribution < -0.4 is 14.2 Å². The highest BCUT2D eigenvalue weighted by atomic mass is 16.5. The molecule has 33 heavy (non-hydrogen) atoms. The maximum atomic E-state index is 11.3. The molecule has 5 nitrogen and oxygen atoms in total. The number of rotatable bonds is 10. The number of benzene rings is 3. The molecule has 0 fully saturated rings. The second-order valence-corrected chi connectivity index (χ2v) is 7.36. The van der Waals surface area contributed by atoms with Gasteiger partial charge in [0.1, 0.15) is 25.2 Å². The summed E-state index contributed by atoms with van der Waals surface area (Å²) in [6.45, 7) is 3.15. The van der Waals surface area contributed by atoms with E-state index in [1.807, 2.05) is 85.8 Å². The molecule has 4 rings (SSSR count). The Morgan fingerprint density at radius 2 is 1.36 bits per heavy atom. The molecule has 0 radical (unpaired) electrons. The Morgan fingerprint density at radius 3 is 2.00 bits per heavy atom. The lowest BCUT2D eigenvalue weighted by Crippen LogP contribution is -2.03. The zero-order valence-electron chi connectivity index (χ0n) is 18.4. The van der Waals surface area contributed by atoms with E-state index >= 15 is 0 Å². The molecule has 3 aromatic carbocycles. The smallest absolute Gasteiger partial charge is 0.225 e. The maximum absolute atomic E-state index is 11.3. The predicted octanol–water partition coefficient (Wildman–Crippen LogP) is 6.12. The SMILES string of the molecule is CCOc1cc(C=O)ccc1-c1ccc(OCc2ccccc2)nc1OCc1ccccc1. The molecule has 0 aliphatic rings. The Balaban J connectivity index is 1.67. The van der Waals surface area contributed by atoms with Crippen LogP contribution in [0.4, 0.5) is 0 Å². The first kappa shape index (κ1) is 22.1. The lowest BCUT2D eigenvalue weighted by atomic mass is 10.0. The highest BCUT2D eigenvalue weighted by Crippen LogP contribution is 2.37. The minimum atomic E-state index is 0.360. The van der Waals surface area contributed by atoms with Gasteiger partial charge in [-0.25, -0.2) is 0 Å². The first-order valence-corrected chi connectivity index (χ1v) is 10.8. The molecular formula is C28H25NO4. The summed E-state index contributed by atoms with van der Waals surface area (Å²) in [6.07, 6.45) is 0.803. The van der Waals surface area contributed by atoms with Gasteiger partial charge in [0.2, 0.25) is 11.8 Å². The van der Waals surface area contributed by atoms with E-state index in [0.29, 0.717) is 42.9 Å². The summed E-state index contributed by atoms with van der Waals surface area (Å²) in [7, 11) is 0. The minimum absolute atomic E-state index is 0.360. The number of ether oxygens (including phenoxy) is 3. The molecule has 1 heterocycles. The fourth-order valence-electron chi connectivity index (χ4n) is 3.39. The van der Waals surface area contributed by atoms with Crippen molar-refractivity contribution in [1.29, 1.82) is 0 Å². The normalized spacial score (nSPS) is 10.5. The van der Waals surface area contributed by atoms with Gasteiger partial charge in [0.15, 0.2) is 0 Å². The van der Waals surface area contributed by atoms with Gasteiger partial charge < -0.3 is 14.2 Å². The molecule has 0 atom stereocenters. The molecule has 0 amide bonds. The predicted molar refractivity (Wildman–Crippen MR) is 128 cm³/mol. The summed E-state index contributed by atoms with van der Waals surface area (Å²) in [5.74, 6) is 1.50. The van der Waals surface area contributed by atoms with Crippen LogP contribution in [0.25, 0.3) is 11.1 Å². The van der Waals surface area contributed by atoms with Crippen LogP contribution in [-0.4, -0.2) is 17.9 Å². The summed E-state index contributed by atoms with van der Waals surface area (Å²) in [4.78, 5) is 15.9. The molecule has 4 aromatic rings. The summed E-state index contributed by atoms with van der Waals surface area (Å²) in [5.41, 5.74) is 4.19. The average molecular weight is 440 g/mol. The molecular weight excluding hydrogens is 414 g/mol. The largest absolute Gasteiger partial charge is 0.493 e. The van der Waals surface area contributed by atoms with E-state index in [-0.39, 0.29) is 0 Å². The van der Waals surface area contributed by atoms with Crippen molar-refractivity contribution >= 4 is 6.29 Å². The molecule has 0 saturated carbocycles. The third-order valence-electron chi connectivity index (χ3n) is 5.01. The lowest BCUT2D eigenvalue weighted by Gasteiger charge is -2.16. The molecule has 5 heteroatoms. The Kier molecular flexibility index (Phi) is 7.33. The number of carbonyl (C=O) groups is 1. The van der Waals surface area contributed by atoms with E-state index in [9.17, 15) is 4.79 Å². The van der Waals surface area contributed by atoms with Crippen molar-refractivity contribution in [3.63, 3.8) is 0 Å². The van der Waals surface area contributed by atoms with Crippen LogP contribution >= 0.6 is 0 Å². The fraction of sp³-hybridized carbons (Fsp3) is 0.143. The van der Waals surface area contributed by atoms with Gasteiger partial charge >= 0.3 is 0 Å². The first-order valence-electron chi connectivity index (χ1n) is 10.8. The van der Waals surface area contributed by atoms with Crippen molar-refractivity contribution in [2.45, 2.75) is 20.1 Å². The van der Waals surface area contributed by atoms with Crippen LogP contribution in [0.3, 0.4) is 0 Å². The summed E-state index contributed by atoms with van der Waals surface area (Å²) in [6, 6.07) is 28.9. The van der Waals surface area contributed by atoms with Gasteiger partial charge in [-0.1, -0.05) is 66.7 Å². The van der Waals surface area contributed by atoms with Gasteiger partial charge in [0.25, 0.3) is 0 Å². The van der Waals surface area contributed by atoms with Crippen molar-refractivity contribution in [1.82, 2.24) is 4.98 Å². The summed E-state index contributed by atoms with van der Waals surface area (Å²) in [5, 5.41) is 0. The molecule has 0 bridgehead atoms. The van der Waals surface area contributed by atoms with E-state index in [0.717, 1.165) is 28.5 Å². The highest BCUT2D eigenvalue weighted by molar-refractivity contribution is 5.81. The Bertz CT molecular complexity index is 1190. The van der Waals surface area contributed by atoms with E-state index < -0.39 is 0 Å². The van der Waals surface area contributed by atoms with Crippen molar-refractivity contribution in [2.75, 3.05) is 6.61 Å². The summed E-state index contributed by atoms with van der Waals surface area (Å²) < 4.78 is 17.9. The van der Waals surface area contributed by atoms with Crippen LogP contribution in [0.5, 0.6) is 17.5 Å². The molecule has 0 spiro atoms. The van der Waals surface area contributed by atoms with Gasteiger partial charge in [0, 0.05) is 22.8 Å². The van der Waals surface area contributed by atoms with Crippen molar-refractivity contribution < 1.29 is 19.0 Å². The van der Waals surface area contributed by atoms with Crippen molar-refractivity contribution in [3.05, 3.63) is 108 Å². The first-order chi connectivity index (χ1) is 16.3. The molecule has 0 unspecified atom stereocenters. The van der Waals surface area contributed by atoms with E-state index in [4.69, 9.17) is 14.2 Å². The third kappa shape index (κ3) is 5.77. The second-order valence-electron chi connectivity index (χ2n) is 7.36. The number of hydrogen-bond donors (Lipinski definition) is 0. The van der Waals surface area contributed by atoms with Gasteiger partial charge in [0.05, 0.1) is 6.61 Å². The molecule has 0 saturated heterocycles. The third-order valence-corrected chi connectivity index (χ3v) is 5.01. The monoisotopic (exact) mass is 439 g/mol. The van der Waals surface area contributed by atoms with Gasteiger partial charge in [-0.2, -0.15) is 4.98 Å². The minimum Gasteiger partial charge on any atom is -0.493 e. The Labute approximate surface area is 193 Å². The zero-order chi connectivity index (χ0) is 22.9. The quantitative estimate of drug-likeness (QED) is 0.279. The van der Waals surface area contributed by atoms with Crippen LogP contribution in [0.2, 0.25) is 0 Å². The molecule has 0 N–H and O–H groups in total. The van der Waals surface area contributed by atoms with Gasteiger partial charge in [-0.15, -0.1) is 0 Å². The van der Waals surface area contributed by atoms with Gasteiger partial charge in [-0.3, -0.25) is 4.79 Å². The fourth-order valence-corrected chi connectivity index (χ4v) is 3.39. The number of pyridine rings is 1. The van der Waals surface area contributed by atoms with Crippen LogP contribution in [-0.2, 0) is 13.2 Å². The Hall–Kier alpha value is -4.12. The maximum Gasteiger partial charge on any atom is 0.225 e. The van der Waals surface area contributed by atoms with Crippen LogP contribution in [0.15, 0.2) is 91.0 Å². The van der Waals surface area contributed by atoms with E-state index in [1.54, 1.807) is 12.1 Å². The molecule has 166 valence electrons. The average Bonchev–Trinajstić information content (AvgIpc) is 2.88. The topological polar surface area (TPSA) is 57.7 Å². The molecule has 0 aliphatic carbocycles. The zero-order valence-corrected chi connectivity index (χ0v) is 18.4. The van der Waals surface area contributed by atoms with Crippen molar-refractivity contribution in [2.24, 2.45) is 0 Å². The Morgan fingerprint density at radius 1 is 0.727 bits per heavy atom. The number of carbonyl (C=O) groups excluding carboxylic acids is 1. The van der Waals surface area contributed by atoms with Crippen molar-refractivity contribution in [3.8, 4) is 28.6 Å². The second kappa shape index (κ2) is 11.0. The number of aldehydes is 1. The van der Waals surface area contributed by atoms with Crippen LogP contribution in [0, 0.1) is 0 Å². The van der Waals surface area contributed by atoms with E-state index in [1.165, 1.54) is 0 Å². The molecule has 0 aliphatic heterocycles. The number of nitrogens with zero attached hydrogens (tertiary/aromatic N) is 1. The van der Waals surface area contributed by atoms with Crippen LogP contribution in [0.1, 0.15) is 28.4 Å². The van der Waals surface area contributed by atoms with Gasteiger partial charge in [-0.05, 0) is 36.2 Å². The van der Waals surface area contributed by atoms with E-state index in [2.05, 4.69) is 4.98 Å². The standard InChI is InChI=1S/C28H25NO4/c1-2-31-26-17-23(18-30)13-14-24(26)25-15-16-27(32-19-21-9-5-3-6-10-21)29-28(25)33-20-22-11-7-4-8-12-22/h3-18H,2,19-20H2,1H3. The highest BCUT2D eigenvalue weighted by Gasteiger charge is 2.16. The lowest BCUT2D eigenvalue weighted by molar-refractivity contribution is 0.112. The number of hydrogen-bond acceptors (Lipinski definition) is 5. The molecule has 1 aromatic heterocycles. The summed E-state index contributed by atoms with van der Waals surface area (Å²) >= 11 is 0.